The maximum Gasteiger partial charge on any atom is 0.482 e. The molecule has 3 aliphatic carbocycles. The molecular formula is C29H37BN2O7. The molecular weight excluding hydrogens is 499 g/mol. The Labute approximate surface area is 229 Å². The highest BCUT2D eigenvalue weighted by Crippen LogP contribution is 2.65. The van der Waals surface area contributed by atoms with E-state index in [0.717, 1.165) is 29.4 Å². The summed E-state index contributed by atoms with van der Waals surface area (Å²) in [6.07, 6.45) is 5.33. The van der Waals surface area contributed by atoms with Crippen LogP contribution in [-0.2, 0) is 34.8 Å². The van der Waals surface area contributed by atoms with Crippen LogP contribution in [0.1, 0.15) is 52.0 Å². The minimum atomic E-state index is -0.662. The molecule has 1 unspecified atom stereocenters. The minimum absolute atomic E-state index is 0.0276. The summed E-state index contributed by atoms with van der Waals surface area (Å²) in [7, 11) is -0.662. The Bertz CT molecular complexity index is 1280. The third-order valence-corrected chi connectivity index (χ3v) is 10.4. The van der Waals surface area contributed by atoms with Crippen molar-refractivity contribution < 1.29 is 32.8 Å². The summed E-state index contributed by atoms with van der Waals surface area (Å²) >= 11 is 0. The van der Waals surface area contributed by atoms with Crippen molar-refractivity contribution in [1.29, 1.82) is 0 Å². The fourth-order valence-electron chi connectivity index (χ4n) is 7.92. The molecule has 4 heterocycles. The number of carbonyl (C=O) groups is 2. The molecule has 3 aliphatic heterocycles. The monoisotopic (exact) mass is 536 g/mol. The average molecular weight is 536 g/mol. The molecule has 2 aromatic rings. The van der Waals surface area contributed by atoms with Gasteiger partial charge in [-0.2, -0.15) is 0 Å². The number of rotatable bonds is 4. The van der Waals surface area contributed by atoms with Gasteiger partial charge in [0.15, 0.2) is 5.79 Å². The Kier molecular flexibility index (Phi) is 5.94. The van der Waals surface area contributed by atoms with Gasteiger partial charge in [-0.3, -0.25) is 9.59 Å². The van der Waals surface area contributed by atoms with Gasteiger partial charge in [0, 0.05) is 31.3 Å². The van der Waals surface area contributed by atoms with Gasteiger partial charge >= 0.3 is 18.9 Å². The van der Waals surface area contributed by atoms with E-state index in [0.29, 0.717) is 57.4 Å². The highest BCUT2D eigenvalue weighted by molar-refractivity contribution is 6.49. The molecule has 1 aromatic heterocycles. The van der Waals surface area contributed by atoms with Gasteiger partial charge in [0.1, 0.15) is 5.58 Å². The lowest BCUT2D eigenvalue weighted by Crippen LogP contribution is -2.65. The molecule has 1 aromatic carbocycles. The van der Waals surface area contributed by atoms with Crippen molar-refractivity contribution in [2.24, 2.45) is 17.3 Å². The SMILES string of the molecule is CC1(C)[C@@H]2CC3OB([C@H](Cc4coc5ccccc45)NC(=O)C(=O)N4CCC5(CC4)OCCO5)O[C@@]3(C)[C@H]1C2. The second-order valence-electron chi connectivity index (χ2n) is 12.8. The standard InChI is InChI=1S/C29H37BN2O7/c1-27(2)19-15-22(27)28(3)23(16-19)38-30(39-28)24(14-18-17-35-21-7-5-4-6-20(18)21)31-25(33)26(34)32-10-8-29(9-11-32)36-12-13-37-29/h4-7,17,19,22-24H,8-16H2,1-3H3,(H,31,33)/t19-,22-,23?,24-,28-/m0/s1. The molecule has 3 saturated heterocycles. The second kappa shape index (κ2) is 9.06. The van der Waals surface area contributed by atoms with E-state index >= 15 is 0 Å². The number of ether oxygens (including phenoxy) is 2. The fourth-order valence-corrected chi connectivity index (χ4v) is 7.92. The van der Waals surface area contributed by atoms with E-state index < -0.39 is 36.3 Å². The van der Waals surface area contributed by atoms with Crippen LogP contribution in [0.5, 0.6) is 0 Å². The highest BCUT2D eigenvalue weighted by atomic mass is 16.7. The number of nitrogens with zero attached hydrogens (tertiary/aromatic N) is 1. The predicted octanol–water partition coefficient (Wildman–Crippen LogP) is 3.09. The number of para-hydroxylation sites is 1. The number of hydrogen-bond donors (Lipinski definition) is 1. The van der Waals surface area contributed by atoms with E-state index in [2.05, 4.69) is 26.1 Å². The van der Waals surface area contributed by atoms with Crippen molar-refractivity contribution in [1.82, 2.24) is 10.2 Å². The molecule has 208 valence electrons. The maximum atomic E-state index is 13.4. The van der Waals surface area contributed by atoms with Crippen LogP contribution in [0, 0.1) is 17.3 Å². The van der Waals surface area contributed by atoms with Crippen molar-refractivity contribution in [2.75, 3.05) is 26.3 Å². The minimum Gasteiger partial charge on any atom is -0.464 e. The van der Waals surface area contributed by atoms with Crippen LogP contribution in [0.2, 0.25) is 0 Å². The van der Waals surface area contributed by atoms with Gasteiger partial charge in [0.25, 0.3) is 0 Å². The van der Waals surface area contributed by atoms with Gasteiger partial charge in [0.05, 0.1) is 37.1 Å². The molecule has 10 heteroatoms. The number of fused-ring (bicyclic) bond motifs is 1. The van der Waals surface area contributed by atoms with Crippen LogP contribution in [0.25, 0.3) is 11.0 Å². The lowest BCUT2D eigenvalue weighted by molar-refractivity contribution is -0.199. The summed E-state index contributed by atoms with van der Waals surface area (Å²) in [4.78, 5) is 28.2. The summed E-state index contributed by atoms with van der Waals surface area (Å²) in [5.74, 6) is -1.34. The Morgan fingerprint density at radius 1 is 1.10 bits per heavy atom. The van der Waals surface area contributed by atoms with Crippen LogP contribution < -0.4 is 5.32 Å². The Balaban J connectivity index is 1.10. The fraction of sp³-hybridized carbons (Fsp3) is 0.655. The van der Waals surface area contributed by atoms with Gasteiger partial charge < -0.3 is 33.4 Å². The van der Waals surface area contributed by atoms with Gasteiger partial charge in [0.2, 0.25) is 0 Å². The molecule has 5 atom stereocenters. The third-order valence-electron chi connectivity index (χ3n) is 10.4. The first-order chi connectivity index (χ1) is 18.7. The number of hydrogen-bond acceptors (Lipinski definition) is 7. The molecule has 1 spiro atoms. The van der Waals surface area contributed by atoms with E-state index in [4.69, 9.17) is 23.2 Å². The van der Waals surface area contributed by atoms with Crippen molar-refractivity contribution >= 4 is 29.9 Å². The summed E-state index contributed by atoms with van der Waals surface area (Å²) in [6, 6.07) is 7.82. The predicted molar refractivity (Wildman–Crippen MR) is 142 cm³/mol. The van der Waals surface area contributed by atoms with Crippen LogP contribution in [-0.4, -0.2) is 73.6 Å². The van der Waals surface area contributed by atoms with Crippen LogP contribution in [0.3, 0.4) is 0 Å². The molecule has 6 aliphatic rings. The Morgan fingerprint density at radius 3 is 2.59 bits per heavy atom. The lowest BCUT2D eigenvalue weighted by atomic mass is 9.43. The Morgan fingerprint density at radius 2 is 1.85 bits per heavy atom. The van der Waals surface area contributed by atoms with Crippen LogP contribution in [0.4, 0.5) is 0 Å². The lowest BCUT2D eigenvalue weighted by Gasteiger charge is -2.64. The van der Waals surface area contributed by atoms with Crippen molar-refractivity contribution in [3.05, 3.63) is 36.1 Å². The first-order valence-electron chi connectivity index (χ1n) is 14.3. The normalized spacial score (nSPS) is 33.2. The average Bonchev–Trinajstić information content (AvgIpc) is 3.65. The molecule has 8 rings (SSSR count). The molecule has 3 saturated carbocycles. The first-order valence-corrected chi connectivity index (χ1v) is 14.3. The van der Waals surface area contributed by atoms with E-state index in [1.807, 2.05) is 24.3 Å². The van der Waals surface area contributed by atoms with E-state index in [1.54, 1.807) is 11.2 Å². The van der Waals surface area contributed by atoms with E-state index in [9.17, 15) is 9.59 Å². The van der Waals surface area contributed by atoms with Gasteiger partial charge in [-0.15, -0.1) is 0 Å². The molecule has 2 bridgehead atoms. The molecule has 6 fully saturated rings. The highest BCUT2D eigenvalue weighted by Gasteiger charge is 2.68. The third kappa shape index (κ3) is 4.05. The van der Waals surface area contributed by atoms with Gasteiger partial charge in [-0.25, -0.2) is 0 Å². The van der Waals surface area contributed by atoms with E-state index in [-0.39, 0.29) is 11.5 Å². The number of piperidine rings is 1. The second-order valence-corrected chi connectivity index (χ2v) is 12.8. The number of furan rings is 1. The summed E-state index contributed by atoms with van der Waals surface area (Å²) in [5, 5.41) is 3.99. The van der Waals surface area contributed by atoms with Crippen molar-refractivity contribution in [3.8, 4) is 0 Å². The summed E-state index contributed by atoms with van der Waals surface area (Å²) in [6.45, 7) is 8.77. The topological polar surface area (TPSA) is 99.5 Å². The zero-order chi connectivity index (χ0) is 27.0. The zero-order valence-electron chi connectivity index (χ0n) is 22.9. The van der Waals surface area contributed by atoms with E-state index in [1.165, 1.54) is 0 Å². The quantitative estimate of drug-likeness (QED) is 0.474. The molecule has 39 heavy (non-hydrogen) atoms. The van der Waals surface area contributed by atoms with Crippen molar-refractivity contribution in [2.45, 2.75) is 76.3 Å². The summed E-state index contributed by atoms with van der Waals surface area (Å²) in [5.41, 5.74) is 1.51. The summed E-state index contributed by atoms with van der Waals surface area (Å²) < 4.78 is 30.6. The molecule has 1 N–H and O–H groups in total. The van der Waals surface area contributed by atoms with Crippen LogP contribution in [0.15, 0.2) is 34.9 Å². The number of nitrogens with one attached hydrogen (secondary N) is 1. The van der Waals surface area contributed by atoms with Crippen LogP contribution >= 0.6 is 0 Å². The maximum absolute atomic E-state index is 13.4. The largest absolute Gasteiger partial charge is 0.482 e. The van der Waals surface area contributed by atoms with Gasteiger partial charge in [-0.1, -0.05) is 32.0 Å². The first kappa shape index (κ1) is 25.6. The number of benzene rings is 1. The Hall–Kier alpha value is -2.40. The van der Waals surface area contributed by atoms with Gasteiger partial charge in [-0.05, 0) is 55.1 Å². The smallest absolute Gasteiger partial charge is 0.464 e. The number of likely N-dealkylation sites (tertiary alicyclic amines) is 1. The van der Waals surface area contributed by atoms with Crippen molar-refractivity contribution in [3.63, 3.8) is 0 Å². The molecule has 0 radical (unpaired) electrons. The molecule has 2 amide bonds. The zero-order valence-corrected chi connectivity index (χ0v) is 22.9. The molecule has 9 nitrogen and oxygen atoms in total. The number of carbonyl (C=O) groups excluding carboxylic acids is 2. The number of amides is 2.